The number of anilines is 1. The largest absolute Gasteiger partial charge is 0.364 e. The van der Waals surface area contributed by atoms with Crippen LogP contribution in [-0.2, 0) is 9.53 Å². The third kappa shape index (κ3) is 4.09. The Kier molecular flexibility index (Phi) is 6.12. The van der Waals surface area contributed by atoms with Crippen LogP contribution in [-0.4, -0.2) is 48.6 Å². The normalized spacial score (nSPS) is 20.3. The number of nitrogens with zero attached hydrogens (tertiary/aromatic N) is 1. The highest BCUT2D eigenvalue weighted by atomic mass is 16.5. The molecule has 0 saturated carbocycles. The number of amides is 2. The Bertz CT molecular complexity index is 558. The van der Waals surface area contributed by atoms with Crippen molar-refractivity contribution in [3.05, 3.63) is 29.8 Å². The first-order chi connectivity index (χ1) is 11.1. The molecule has 0 aromatic heterocycles. The summed E-state index contributed by atoms with van der Waals surface area (Å²) >= 11 is 0. The van der Waals surface area contributed by atoms with Crippen molar-refractivity contribution in [2.24, 2.45) is 5.73 Å². The van der Waals surface area contributed by atoms with E-state index < -0.39 is 6.10 Å². The first-order valence-corrected chi connectivity index (χ1v) is 8.15. The summed E-state index contributed by atoms with van der Waals surface area (Å²) in [5.41, 5.74) is 6.59. The highest BCUT2D eigenvalue weighted by molar-refractivity contribution is 6.04. The van der Waals surface area contributed by atoms with Gasteiger partial charge in [-0.1, -0.05) is 12.1 Å². The van der Waals surface area contributed by atoms with Gasteiger partial charge in [-0.25, -0.2) is 0 Å². The Morgan fingerprint density at radius 1 is 1.26 bits per heavy atom. The minimum atomic E-state index is -0.500. The van der Waals surface area contributed by atoms with Crippen LogP contribution in [0.25, 0.3) is 0 Å². The maximum absolute atomic E-state index is 12.6. The highest BCUT2D eigenvalue weighted by Gasteiger charge is 2.30. The van der Waals surface area contributed by atoms with Gasteiger partial charge >= 0.3 is 0 Å². The number of hydrogen-bond donors (Lipinski definition) is 2. The summed E-state index contributed by atoms with van der Waals surface area (Å²) in [4.78, 5) is 26.6. The third-order valence-electron chi connectivity index (χ3n) is 4.13. The summed E-state index contributed by atoms with van der Waals surface area (Å²) in [5, 5.41) is 2.83. The van der Waals surface area contributed by atoms with Crippen LogP contribution in [0.15, 0.2) is 24.3 Å². The van der Waals surface area contributed by atoms with Crippen molar-refractivity contribution in [3.8, 4) is 0 Å². The minimum absolute atomic E-state index is 0.0571. The van der Waals surface area contributed by atoms with Crippen LogP contribution in [0.4, 0.5) is 5.69 Å². The Morgan fingerprint density at radius 3 is 2.57 bits per heavy atom. The predicted octanol–water partition coefficient (Wildman–Crippen LogP) is 1.61. The van der Waals surface area contributed by atoms with E-state index in [0.29, 0.717) is 37.3 Å². The summed E-state index contributed by atoms with van der Waals surface area (Å²) in [7, 11) is 0. The minimum Gasteiger partial charge on any atom is -0.364 e. The zero-order chi connectivity index (χ0) is 16.8. The maximum Gasteiger partial charge on any atom is 0.255 e. The Labute approximate surface area is 137 Å². The van der Waals surface area contributed by atoms with Gasteiger partial charge in [-0.15, -0.1) is 0 Å². The summed E-state index contributed by atoms with van der Waals surface area (Å²) in [6.45, 7) is 5.54. The Hall–Kier alpha value is -1.92. The molecule has 1 aromatic rings. The van der Waals surface area contributed by atoms with Crippen LogP contribution >= 0.6 is 0 Å². The van der Waals surface area contributed by atoms with Crippen LogP contribution in [0.2, 0.25) is 0 Å². The van der Waals surface area contributed by atoms with Crippen molar-refractivity contribution in [2.45, 2.75) is 38.9 Å². The molecular weight excluding hydrogens is 294 g/mol. The quantitative estimate of drug-likeness (QED) is 0.834. The number of nitrogens with one attached hydrogen (secondary N) is 1. The van der Waals surface area contributed by atoms with Gasteiger partial charge in [0.1, 0.15) is 6.10 Å². The number of nitrogens with two attached hydrogens (primary N) is 1. The van der Waals surface area contributed by atoms with Gasteiger partial charge in [0.2, 0.25) is 0 Å². The fourth-order valence-corrected chi connectivity index (χ4v) is 2.74. The highest BCUT2D eigenvalue weighted by Crippen LogP contribution is 2.22. The van der Waals surface area contributed by atoms with Gasteiger partial charge < -0.3 is 20.7 Å². The molecule has 0 spiro atoms. The van der Waals surface area contributed by atoms with Gasteiger partial charge in [0.05, 0.1) is 17.4 Å². The number of para-hydroxylation sites is 1. The first-order valence-electron chi connectivity index (χ1n) is 8.15. The molecule has 2 amide bonds. The number of carbonyl (C=O) groups excluding carboxylic acids is 2. The number of benzene rings is 1. The number of carbonyl (C=O) groups is 2. The molecule has 0 aliphatic carbocycles. The fraction of sp³-hybridized carbons (Fsp3) is 0.529. The molecule has 1 fully saturated rings. The molecule has 6 heteroatoms. The van der Waals surface area contributed by atoms with Gasteiger partial charge in [0.15, 0.2) is 0 Å². The van der Waals surface area contributed by atoms with Crippen molar-refractivity contribution in [3.63, 3.8) is 0 Å². The molecule has 1 aliphatic rings. The summed E-state index contributed by atoms with van der Waals surface area (Å²) in [5.74, 6) is -0.307. The second-order valence-corrected chi connectivity index (χ2v) is 5.57. The zero-order valence-corrected chi connectivity index (χ0v) is 13.7. The summed E-state index contributed by atoms with van der Waals surface area (Å²) in [6.07, 6.45) is 0.882. The molecule has 1 aromatic carbocycles. The second kappa shape index (κ2) is 8.08. The number of rotatable bonds is 6. The molecule has 2 atom stereocenters. The molecule has 0 radical (unpaired) electrons. The van der Waals surface area contributed by atoms with E-state index >= 15 is 0 Å². The maximum atomic E-state index is 12.6. The van der Waals surface area contributed by atoms with Gasteiger partial charge in [-0.05, 0) is 38.8 Å². The zero-order valence-electron chi connectivity index (χ0n) is 13.7. The molecule has 1 saturated heterocycles. The topological polar surface area (TPSA) is 84.7 Å². The predicted molar refractivity (Wildman–Crippen MR) is 89.3 cm³/mol. The van der Waals surface area contributed by atoms with E-state index in [0.717, 1.165) is 6.42 Å². The monoisotopic (exact) mass is 319 g/mol. The number of hydrogen-bond acceptors (Lipinski definition) is 4. The number of ether oxygens (including phenoxy) is 1. The van der Waals surface area contributed by atoms with E-state index in [4.69, 9.17) is 10.5 Å². The Balaban J connectivity index is 2.11. The van der Waals surface area contributed by atoms with E-state index in [1.165, 1.54) is 0 Å². The molecular formula is C17H25N3O3. The van der Waals surface area contributed by atoms with Crippen LogP contribution in [0.5, 0.6) is 0 Å². The molecule has 1 aliphatic heterocycles. The smallest absolute Gasteiger partial charge is 0.255 e. The van der Waals surface area contributed by atoms with Gasteiger partial charge in [0.25, 0.3) is 11.8 Å². The lowest BCUT2D eigenvalue weighted by Crippen LogP contribution is -2.33. The van der Waals surface area contributed by atoms with Crippen molar-refractivity contribution < 1.29 is 14.3 Å². The average molecular weight is 319 g/mol. The summed E-state index contributed by atoms with van der Waals surface area (Å²) in [6, 6.07) is 7.06. The Morgan fingerprint density at radius 2 is 1.96 bits per heavy atom. The summed E-state index contributed by atoms with van der Waals surface area (Å²) < 4.78 is 5.60. The van der Waals surface area contributed by atoms with Crippen molar-refractivity contribution in [1.29, 1.82) is 0 Å². The van der Waals surface area contributed by atoms with Crippen LogP contribution < -0.4 is 11.1 Å². The average Bonchev–Trinajstić information content (AvgIpc) is 3.05. The second-order valence-electron chi connectivity index (χ2n) is 5.57. The lowest BCUT2D eigenvalue weighted by atomic mass is 10.1. The van der Waals surface area contributed by atoms with E-state index in [9.17, 15) is 9.59 Å². The molecule has 0 unspecified atom stereocenters. The lowest BCUT2D eigenvalue weighted by Gasteiger charge is -2.21. The van der Waals surface area contributed by atoms with E-state index in [1.807, 2.05) is 13.8 Å². The van der Waals surface area contributed by atoms with E-state index in [2.05, 4.69) is 5.32 Å². The van der Waals surface area contributed by atoms with Crippen LogP contribution in [0.1, 0.15) is 37.0 Å². The molecule has 1 heterocycles. The van der Waals surface area contributed by atoms with Crippen molar-refractivity contribution >= 4 is 17.5 Å². The standard InChI is InChI=1S/C17H25N3O3/c1-3-20(4-2)17(22)13-7-5-6-8-14(13)19-16(21)15-10-9-12(11-18)23-15/h5-8,12,15H,3-4,9-11,18H2,1-2H3,(H,19,21)/t12-,15+/m1/s1. The van der Waals surface area contributed by atoms with Gasteiger partial charge in [-0.3, -0.25) is 9.59 Å². The third-order valence-corrected chi connectivity index (χ3v) is 4.13. The van der Waals surface area contributed by atoms with Gasteiger partial charge in [0, 0.05) is 19.6 Å². The van der Waals surface area contributed by atoms with Crippen LogP contribution in [0.3, 0.4) is 0 Å². The molecule has 3 N–H and O–H groups in total. The van der Waals surface area contributed by atoms with Crippen molar-refractivity contribution in [2.75, 3.05) is 25.0 Å². The van der Waals surface area contributed by atoms with Crippen molar-refractivity contribution in [1.82, 2.24) is 4.90 Å². The first kappa shape index (κ1) is 17.4. The van der Waals surface area contributed by atoms with Gasteiger partial charge in [-0.2, -0.15) is 0 Å². The molecule has 6 nitrogen and oxygen atoms in total. The van der Waals surface area contributed by atoms with E-state index in [1.54, 1.807) is 29.2 Å². The SMILES string of the molecule is CCN(CC)C(=O)c1ccccc1NC(=O)[C@@H]1CC[C@H](CN)O1. The lowest BCUT2D eigenvalue weighted by molar-refractivity contribution is -0.126. The van der Waals surface area contributed by atoms with Crippen LogP contribution in [0, 0.1) is 0 Å². The molecule has 126 valence electrons. The fourth-order valence-electron chi connectivity index (χ4n) is 2.74. The molecule has 23 heavy (non-hydrogen) atoms. The molecule has 0 bridgehead atoms. The molecule has 2 rings (SSSR count). The van der Waals surface area contributed by atoms with E-state index in [-0.39, 0.29) is 17.9 Å².